The third kappa shape index (κ3) is 9.36. The number of alkyl halides is 3. The molecule has 1 amide bonds. The number of carboxylic acids is 1. The lowest BCUT2D eigenvalue weighted by atomic mass is 9.99. The van der Waals surface area contributed by atoms with E-state index in [4.69, 9.17) is 9.47 Å². The molecule has 0 spiro atoms. The van der Waals surface area contributed by atoms with Gasteiger partial charge in [-0.3, -0.25) is 4.79 Å². The summed E-state index contributed by atoms with van der Waals surface area (Å²) in [4.78, 5) is 25.5. The van der Waals surface area contributed by atoms with E-state index in [9.17, 15) is 27.9 Å². The fourth-order valence-corrected chi connectivity index (χ4v) is 5.02. The van der Waals surface area contributed by atoms with Crippen LogP contribution in [0.2, 0.25) is 0 Å². The normalized spacial score (nSPS) is 11.7. The molecule has 240 valence electrons. The molecule has 0 aliphatic carbocycles. The zero-order chi connectivity index (χ0) is 33.4. The first-order valence-electron chi connectivity index (χ1n) is 14.3. The SMILES string of the molecule is O=C(N[C@@H](Cc1ccc(-c2ccccc2Oc2ccccc2)cc1)C(=O)O)c1cc(Br)ccc1OCc1ccc(OC(F)(F)F)cc1. The van der Waals surface area contributed by atoms with Gasteiger partial charge in [0.25, 0.3) is 5.91 Å². The van der Waals surface area contributed by atoms with Gasteiger partial charge in [0.05, 0.1) is 5.56 Å². The smallest absolute Gasteiger partial charge is 0.488 e. The van der Waals surface area contributed by atoms with E-state index in [0.29, 0.717) is 27.1 Å². The average Bonchev–Trinajstić information content (AvgIpc) is 3.05. The molecule has 0 saturated heterocycles. The Hall–Kier alpha value is -5.29. The fourth-order valence-electron chi connectivity index (χ4n) is 4.66. The van der Waals surface area contributed by atoms with Crippen LogP contribution in [0.5, 0.6) is 23.0 Å². The van der Waals surface area contributed by atoms with Gasteiger partial charge in [0.2, 0.25) is 0 Å². The summed E-state index contributed by atoms with van der Waals surface area (Å²) < 4.78 is 53.7. The Labute approximate surface area is 276 Å². The van der Waals surface area contributed by atoms with Crippen LogP contribution in [-0.2, 0) is 17.8 Å². The van der Waals surface area contributed by atoms with Crippen molar-refractivity contribution in [2.45, 2.75) is 25.4 Å². The summed E-state index contributed by atoms with van der Waals surface area (Å²) in [5, 5.41) is 12.5. The first kappa shape index (κ1) is 33.1. The summed E-state index contributed by atoms with van der Waals surface area (Å²) in [7, 11) is 0. The van der Waals surface area contributed by atoms with E-state index in [-0.39, 0.29) is 30.1 Å². The molecule has 11 heteroatoms. The number of carboxylic acid groups (broad SMARTS) is 1. The maximum absolute atomic E-state index is 13.3. The van der Waals surface area contributed by atoms with E-state index in [2.05, 4.69) is 26.0 Å². The summed E-state index contributed by atoms with van der Waals surface area (Å²) in [6, 6.07) is 32.9. The summed E-state index contributed by atoms with van der Waals surface area (Å²) in [6.45, 7) is -0.0670. The van der Waals surface area contributed by atoms with Gasteiger partial charge >= 0.3 is 12.3 Å². The van der Waals surface area contributed by atoms with Crippen molar-refractivity contribution in [3.63, 3.8) is 0 Å². The first-order valence-corrected chi connectivity index (χ1v) is 15.1. The standard InChI is InChI=1S/C36H27BrF3NO6/c37-26-16-19-32(45-22-24-12-17-28(18-13-24)47-36(38,39)40)30(21-26)34(42)41-31(35(43)44)20-23-10-14-25(15-11-23)29-8-4-5-9-33(29)46-27-6-2-1-3-7-27/h1-19,21,31H,20,22H2,(H,41,42)(H,43,44)/t31-/m0/s1. The molecule has 2 N–H and O–H groups in total. The highest BCUT2D eigenvalue weighted by Gasteiger charge is 2.31. The average molecular weight is 707 g/mol. The number of halogens is 4. The molecule has 0 bridgehead atoms. The lowest BCUT2D eigenvalue weighted by molar-refractivity contribution is -0.274. The summed E-state index contributed by atoms with van der Waals surface area (Å²) in [5.41, 5.74) is 3.02. The van der Waals surface area contributed by atoms with Gasteiger partial charge in [-0.05, 0) is 65.2 Å². The zero-order valence-corrected chi connectivity index (χ0v) is 26.1. The van der Waals surface area contributed by atoms with Gasteiger partial charge in [0, 0.05) is 16.5 Å². The molecule has 47 heavy (non-hydrogen) atoms. The minimum Gasteiger partial charge on any atom is -0.488 e. The second-order valence-corrected chi connectivity index (χ2v) is 11.2. The highest BCUT2D eigenvalue weighted by Crippen LogP contribution is 2.33. The predicted octanol–water partition coefficient (Wildman–Crippen LogP) is 8.81. The zero-order valence-electron chi connectivity index (χ0n) is 24.5. The molecule has 0 fully saturated rings. The number of benzene rings is 5. The second-order valence-electron chi connectivity index (χ2n) is 10.3. The van der Waals surface area contributed by atoms with Crippen molar-refractivity contribution < 1.29 is 42.1 Å². The quantitative estimate of drug-likeness (QED) is 0.135. The minimum atomic E-state index is -4.81. The largest absolute Gasteiger partial charge is 0.573 e. The van der Waals surface area contributed by atoms with Gasteiger partial charge in [-0.15, -0.1) is 13.2 Å². The number of rotatable bonds is 12. The van der Waals surface area contributed by atoms with Gasteiger partial charge in [0.1, 0.15) is 35.6 Å². The van der Waals surface area contributed by atoms with Crippen LogP contribution in [0.3, 0.4) is 0 Å². The maximum atomic E-state index is 13.3. The maximum Gasteiger partial charge on any atom is 0.573 e. The van der Waals surface area contributed by atoms with Gasteiger partial charge in [-0.1, -0.05) is 88.7 Å². The third-order valence-electron chi connectivity index (χ3n) is 6.90. The first-order chi connectivity index (χ1) is 22.5. The molecule has 7 nitrogen and oxygen atoms in total. The highest BCUT2D eigenvalue weighted by atomic mass is 79.9. The molecule has 0 unspecified atom stereocenters. The number of carbonyl (C=O) groups is 2. The molecule has 0 aliphatic rings. The topological polar surface area (TPSA) is 94.1 Å². The van der Waals surface area contributed by atoms with Crippen LogP contribution in [0.15, 0.2) is 126 Å². The van der Waals surface area contributed by atoms with Crippen molar-refractivity contribution in [2.24, 2.45) is 0 Å². The van der Waals surface area contributed by atoms with Crippen LogP contribution in [0, 0.1) is 0 Å². The molecule has 0 aliphatic heterocycles. The lowest BCUT2D eigenvalue weighted by Crippen LogP contribution is -2.42. The molecule has 0 radical (unpaired) electrons. The Morgan fingerprint density at radius 3 is 2.11 bits per heavy atom. The predicted molar refractivity (Wildman–Crippen MR) is 173 cm³/mol. The molecular formula is C36H27BrF3NO6. The van der Waals surface area contributed by atoms with E-state index in [1.807, 2.05) is 66.7 Å². The molecule has 5 aromatic carbocycles. The van der Waals surface area contributed by atoms with E-state index < -0.39 is 24.3 Å². The molecule has 0 aromatic heterocycles. The van der Waals surface area contributed by atoms with Crippen LogP contribution in [0.25, 0.3) is 11.1 Å². The summed E-state index contributed by atoms with van der Waals surface area (Å²) in [5.74, 6) is -0.743. The van der Waals surface area contributed by atoms with Crippen LogP contribution in [0.1, 0.15) is 21.5 Å². The third-order valence-corrected chi connectivity index (χ3v) is 7.40. The number of para-hydroxylation sites is 2. The van der Waals surface area contributed by atoms with Crippen LogP contribution >= 0.6 is 15.9 Å². The van der Waals surface area contributed by atoms with Crippen molar-refractivity contribution in [2.75, 3.05) is 0 Å². The monoisotopic (exact) mass is 705 g/mol. The Morgan fingerprint density at radius 2 is 1.43 bits per heavy atom. The van der Waals surface area contributed by atoms with Crippen molar-refractivity contribution >= 4 is 27.8 Å². The van der Waals surface area contributed by atoms with E-state index in [0.717, 1.165) is 23.3 Å². The van der Waals surface area contributed by atoms with Gasteiger partial charge < -0.3 is 24.6 Å². The minimum absolute atomic E-state index is 0.0139. The Morgan fingerprint density at radius 1 is 0.766 bits per heavy atom. The van der Waals surface area contributed by atoms with Crippen LogP contribution in [-0.4, -0.2) is 29.4 Å². The van der Waals surface area contributed by atoms with E-state index >= 15 is 0 Å². The fraction of sp³-hybridized carbons (Fsp3) is 0.111. The number of ether oxygens (including phenoxy) is 3. The Balaban J connectivity index is 1.26. The molecule has 1 atom stereocenters. The van der Waals surface area contributed by atoms with Crippen molar-refractivity contribution in [3.8, 4) is 34.1 Å². The molecule has 5 rings (SSSR count). The summed E-state index contributed by atoms with van der Waals surface area (Å²) >= 11 is 3.32. The number of hydrogen-bond acceptors (Lipinski definition) is 5. The van der Waals surface area contributed by atoms with Gasteiger partial charge in [0.15, 0.2) is 0 Å². The van der Waals surface area contributed by atoms with E-state index in [1.54, 1.807) is 18.2 Å². The molecule has 0 heterocycles. The van der Waals surface area contributed by atoms with Crippen molar-refractivity contribution in [3.05, 3.63) is 142 Å². The van der Waals surface area contributed by atoms with Crippen LogP contribution < -0.4 is 19.5 Å². The highest BCUT2D eigenvalue weighted by molar-refractivity contribution is 9.10. The van der Waals surface area contributed by atoms with Gasteiger partial charge in [-0.2, -0.15) is 0 Å². The van der Waals surface area contributed by atoms with Crippen molar-refractivity contribution in [1.82, 2.24) is 5.32 Å². The summed E-state index contributed by atoms with van der Waals surface area (Å²) in [6.07, 6.45) is -4.79. The van der Waals surface area contributed by atoms with Gasteiger partial charge in [-0.25, -0.2) is 4.79 Å². The van der Waals surface area contributed by atoms with Crippen molar-refractivity contribution in [1.29, 1.82) is 0 Å². The second kappa shape index (κ2) is 14.9. The number of amides is 1. The lowest BCUT2D eigenvalue weighted by Gasteiger charge is -2.17. The Kier molecular flexibility index (Phi) is 10.5. The molecule has 5 aromatic rings. The number of aliphatic carboxylic acids is 1. The number of carbonyl (C=O) groups excluding carboxylic acids is 1. The van der Waals surface area contributed by atoms with Crippen LogP contribution in [0.4, 0.5) is 13.2 Å². The number of nitrogens with one attached hydrogen (secondary N) is 1. The molecule has 0 saturated carbocycles. The van der Waals surface area contributed by atoms with E-state index in [1.165, 1.54) is 24.3 Å². The Bertz CT molecular complexity index is 1830. The number of hydrogen-bond donors (Lipinski definition) is 2. The molecular weight excluding hydrogens is 679 g/mol.